The van der Waals surface area contributed by atoms with Gasteiger partial charge in [-0.3, -0.25) is 4.98 Å². The molecule has 156 valence electrons. The minimum Gasteiger partial charge on any atom is -0.324 e. The number of nitrogens with one attached hydrogen (secondary N) is 1. The highest BCUT2D eigenvalue weighted by Crippen LogP contribution is 2.31. The molecule has 30 heavy (non-hydrogen) atoms. The monoisotopic (exact) mass is 427 g/mol. The average molecular weight is 428 g/mol. The third-order valence-corrected chi connectivity index (χ3v) is 7.28. The van der Waals surface area contributed by atoms with Gasteiger partial charge in [-0.25, -0.2) is 22.8 Å². The SMILES string of the molecule is Cc1cc(F)ccc1S(=O)(=O)N1CCC(c2cccc(Nc3cnccn3)n2)CC1. The highest BCUT2D eigenvalue weighted by Gasteiger charge is 2.31. The lowest BCUT2D eigenvalue weighted by Crippen LogP contribution is -2.38. The van der Waals surface area contributed by atoms with Crippen molar-refractivity contribution in [2.24, 2.45) is 0 Å². The predicted molar refractivity (Wildman–Crippen MR) is 111 cm³/mol. The standard InChI is InChI=1S/C21H22FN5O2S/c1-15-13-17(22)5-6-19(15)30(28,29)27-11-7-16(8-12-27)18-3-2-4-20(25-18)26-21-14-23-9-10-24-21/h2-6,9-10,13-14,16H,7-8,11-12H2,1H3,(H,24,25,26). The van der Waals surface area contributed by atoms with E-state index in [1.165, 1.54) is 22.5 Å². The topological polar surface area (TPSA) is 88.1 Å². The molecule has 0 unspecified atom stereocenters. The van der Waals surface area contributed by atoms with Crippen molar-refractivity contribution in [2.75, 3.05) is 18.4 Å². The number of halogens is 1. The van der Waals surface area contributed by atoms with E-state index in [-0.39, 0.29) is 10.8 Å². The Balaban J connectivity index is 1.45. The van der Waals surface area contributed by atoms with Crippen molar-refractivity contribution in [2.45, 2.75) is 30.6 Å². The Morgan fingerprint density at radius 2 is 1.90 bits per heavy atom. The molecule has 2 aromatic heterocycles. The first-order valence-electron chi connectivity index (χ1n) is 9.70. The van der Waals surface area contributed by atoms with Crippen molar-refractivity contribution in [3.63, 3.8) is 0 Å². The molecule has 1 aromatic carbocycles. The molecule has 0 radical (unpaired) electrons. The van der Waals surface area contributed by atoms with Gasteiger partial charge in [-0.05, 0) is 55.7 Å². The van der Waals surface area contributed by atoms with Crippen molar-refractivity contribution >= 4 is 21.7 Å². The molecule has 1 fully saturated rings. The number of nitrogens with zero attached hydrogens (tertiary/aromatic N) is 4. The summed E-state index contributed by atoms with van der Waals surface area (Å²) in [7, 11) is -3.65. The first kappa shape index (κ1) is 20.4. The summed E-state index contributed by atoms with van der Waals surface area (Å²) < 4.78 is 40.8. The number of aryl methyl sites for hydroxylation is 1. The van der Waals surface area contributed by atoms with Gasteiger partial charge in [-0.1, -0.05) is 6.07 Å². The maximum absolute atomic E-state index is 13.4. The summed E-state index contributed by atoms with van der Waals surface area (Å²) in [6.45, 7) is 2.41. The van der Waals surface area contributed by atoms with Crippen LogP contribution in [0.25, 0.3) is 0 Å². The second-order valence-electron chi connectivity index (χ2n) is 7.25. The normalized spacial score (nSPS) is 15.8. The number of anilines is 2. The van der Waals surface area contributed by atoms with Crippen molar-refractivity contribution in [3.05, 3.63) is 72.1 Å². The Morgan fingerprint density at radius 3 is 2.60 bits per heavy atom. The lowest BCUT2D eigenvalue weighted by molar-refractivity contribution is 0.316. The molecule has 1 N–H and O–H groups in total. The van der Waals surface area contributed by atoms with Crippen LogP contribution in [0.4, 0.5) is 16.0 Å². The summed E-state index contributed by atoms with van der Waals surface area (Å²) in [5, 5.41) is 3.13. The first-order chi connectivity index (χ1) is 14.4. The molecule has 0 atom stereocenters. The molecule has 1 saturated heterocycles. The molecule has 3 aromatic rings. The number of rotatable bonds is 5. The Hall–Kier alpha value is -2.91. The van der Waals surface area contributed by atoms with Gasteiger partial charge in [0.15, 0.2) is 0 Å². The van der Waals surface area contributed by atoms with Crippen LogP contribution >= 0.6 is 0 Å². The van der Waals surface area contributed by atoms with Crippen LogP contribution in [-0.2, 0) is 10.0 Å². The van der Waals surface area contributed by atoms with Crippen molar-refractivity contribution in [1.29, 1.82) is 0 Å². The highest BCUT2D eigenvalue weighted by atomic mass is 32.2. The molecule has 1 aliphatic heterocycles. The Bertz CT molecular complexity index is 1130. The Labute approximate surface area is 175 Å². The van der Waals surface area contributed by atoms with Crippen LogP contribution < -0.4 is 5.32 Å². The van der Waals surface area contributed by atoms with E-state index in [1.54, 1.807) is 25.5 Å². The van der Waals surface area contributed by atoms with Crippen LogP contribution in [0.5, 0.6) is 0 Å². The molecule has 0 aliphatic carbocycles. The molecule has 0 amide bonds. The zero-order chi connectivity index (χ0) is 21.1. The van der Waals surface area contributed by atoms with Gasteiger partial charge in [0.05, 0.1) is 11.1 Å². The summed E-state index contributed by atoms with van der Waals surface area (Å²) in [6, 6.07) is 9.52. The minimum atomic E-state index is -3.65. The Morgan fingerprint density at radius 1 is 1.10 bits per heavy atom. The van der Waals surface area contributed by atoms with E-state index in [0.717, 1.165) is 5.69 Å². The third-order valence-electron chi connectivity index (χ3n) is 5.22. The smallest absolute Gasteiger partial charge is 0.243 e. The van der Waals surface area contributed by atoms with Crippen molar-refractivity contribution in [3.8, 4) is 0 Å². The fraction of sp³-hybridized carbons (Fsp3) is 0.286. The summed E-state index contributed by atoms with van der Waals surface area (Å²) in [6.07, 6.45) is 6.16. The van der Waals surface area contributed by atoms with Gasteiger partial charge < -0.3 is 5.32 Å². The molecule has 9 heteroatoms. The fourth-order valence-electron chi connectivity index (χ4n) is 3.68. The summed E-state index contributed by atoms with van der Waals surface area (Å²) in [5.74, 6) is 1.00. The van der Waals surface area contributed by atoms with Gasteiger partial charge in [0.2, 0.25) is 10.0 Å². The van der Waals surface area contributed by atoms with E-state index in [1.807, 2.05) is 18.2 Å². The zero-order valence-corrected chi connectivity index (χ0v) is 17.3. The van der Waals surface area contributed by atoms with Gasteiger partial charge in [-0.15, -0.1) is 0 Å². The van der Waals surface area contributed by atoms with E-state index in [0.29, 0.717) is 43.1 Å². The number of aromatic nitrogens is 3. The van der Waals surface area contributed by atoms with E-state index >= 15 is 0 Å². The number of piperidine rings is 1. The van der Waals surface area contributed by atoms with Crippen LogP contribution in [0.3, 0.4) is 0 Å². The Kier molecular flexibility index (Phi) is 5.74. The van der Waals surface area contributed by atoms with Crippen molar-refractivity contribution < 1.29 is 12.8 Å². The van der Waals surface area contributed by atoms with Gasteiger partial charge in [-0.2, -0.15) is 4.31 Å². The molecule has 0 bridgehead atoms. The number of benzene rings is 1. The second-order valence-corrected chi connectivity index (χ2v) is 9.16. The van der Waals surface area contributed by atoms with Gasteiger partial charge in [0, 0.05) is 37.1 Å². The molecule has 4 rings (SSSR count). The quantitative estimate of drug-likeness (QED) is 0.669. The highest BCUT2D eigenvalue weighted by molar-refractivity contribution is 7.89. The molecule has 7 nitrogen and oxygen atoms in total. The van der Waals surface area contributed by atoms with Crippen LogP contribution in [-0.4, -0.2) is 40.8 Å². The van der Waals surface area contributed by atoms with E-state index in [9.17, 15) is 12.8 Å². The fourth-order valence-corrected chi connectivity index (χ4v) is 5.35. The van der Waals surface area contributed by atoms with E-state index < -0.39 is 15.8 Å². The van der Waals surface area contributed by atoms with Gasteiger partial charge in [0.1, 0.15) is 17.5 Å². The molecule has 1 aliphatic rings. The first-order valence-corrected chi connectivity index (χ1v) is 11.1. The van der Waals surface area contributed by atoms with Gasteiger partial charge >= 0.3 is 0 Å². The lowest BCUT2D eigenvalue weighted by Gasteiger charge is -2.31. The van der Waals surface area contributed by atoms with Crippen molar-refractivity contribution in [1.82, 2.24) is 19.3 Å². The van der Waals surface area contributed by atoms with E-state index in [4.69, 9.17) is 0 Å². The summed E-state index contributed by atoms with van der Waals surface area (Å²) in [4.78, 5) is 13.0. The third kappa shape index (κ3) is 4.31. The minimum absolute atomic E-state index is 0.161. The van der Waals surface area contributed by atoms with Crippen LogP contribution in [0.1, 0.15) is 30.0 Å². The average Bonchev–Trinajstić information content (AvgIpc) is 2.74. The molecular formula is C21H22FN5O2S. The maximum Gasteiger partial charge on any atom is 0.243 e. The van der Waals surface area contributed by atoms with E-state index in [2.05, 4.69) is 20.3 Å². The predicted octanol–water partition coefficient (Wildman–Crippen LogP) is 3.63. The summed E-state index contributed by atoms with van der Waals surface area (Å²) >= 11 is 0. The second kappa shape index (κ2) is 8.45. The summed E-state index contributed by atoms with van der Waals surface area (Å²) in [5.41, 5.74) is 1.33. The number of hydrogen-bond donors (Lipinski definition) is 1. The van der Waals surface area contributed by atoms with Crippen LogP contribution in [0, 0.1) is 12.7 Å². The van der Waals surface area contributed by atoms with Gasteiger partial charge in [0.25, 0.3) is 0 Å². The largest absolute Gasteiger partial charge is 0.324 e. The molecule has 0 spiro atoms. The number of sulfonamides is 1. The molecule has 0 saturated carbocycles. The lowest BCUT2D eigenvalue weighted by atomic mass is 9.94. The maximum atomic E-state index is 13.4. The van der Waals surface area contributed by atoms with Crippen LogP contribution in [0.15, 0.2) is 59.9 Å². The number of hydrogen-bond acceptors (Lipinski definition) is 6. The zero-order valence-electron chi connectivity index (χ0n) is 16.5. The molecule has 3 heterocycles. The molecular weight excluding hydrogens is 405 g/mol. The van der Waals surface area contributed by atoms with Crippen LogP contribution in [0.2, 0.25) is 0 Å². The number of pyridine rings is 1.